The van der Waals surface area contributed by atoms with Crippen LogP contribution >= 0.6 is 27.3 Å². The van der Waals surface area contributed by atoms with Gasteiger partial charge in [0.2, 0.25) is 0 Å². The number of hydrogen-bond acceptors (Lipinski definition) is 3. The zero-order chi connectivity index (χ0) is 12.4. The Morgan fingerprint density at radius 3 is 2.88 bits per heavy atom. The number of anilines is 1. The van der Waals surface area contributed by atoms with Crippen molar-refractivity contribution in [3.63, 3.8) is 0 Å². The third kappa shape index (κ3) is 2.89. The quantitative estimate of drug-likeness (QED) is 0.920. The molecular formula is C11H8BrFN2OS. The number of hydrogen-bond donors (Lipinski definition) is 1. The fraction of sp³-hybridized carbons (Fsp3) is 0.0909. The number of amides is 1. The molecular weight excluding hydrogens is 307 g/mol. The van der Waals surface area contributed by atoms with Crippen LogP contribution in [0.15, 0.2) is 28.9 Å². The van der Waals surface area contributed by atoms with Gasteiger partial charge >= 0.3 is 0 Å². The molecule has 2 rings (SSSR count). The molecule has 0 bridgehead atoms. The lowest BCUT2D eigenvalue weighted by Crippen LogP contribution is -2.11. The highest BCUT2D eigenvalue weighted by atomic mass is 79.9. The Morgan fingerprint density at radius 1 is 1.53 bits per heavy atom. The van der Waals surface area contributed by atoms with Gasteiger partial charge in [-0.3, -0.25) is 10.1 Å². The van der Waals surface area contributed by atoms with E-state index in [0.29, 0.717) is 10.7 Å². The van der Waals surface area contributed by atoms with Gasteiger partial charge in [0.1, 0.15) is 5.82 Å². The Kier molecular flexibility index (Phi) is 3.54. The third-order valence-corrected chi connectivity index (χ3v) is 3.46. The molecule has 17 heavy (non-hydrogen) atoms. The van der Waals surface area contributed by atoms with Crippen molar-refractivity contribution in [1.82, 2.24) is 4.98 Å². The molecule has 0 fully saturated rings. The van der Waals surface area contributed by atoms with Crippen LogP contribution in [0.4, 0.5) is 9.52 Å². The number of aromatic nitrogens is 1. The number of thiazole rings is 1. The van der Waals surface area contributed by atoms with E-state index in [1.807, 2.05) is 6.92 Å². The minimum Gasteiger partial charge on any atom is -0.298 e. The van der Waals surface area contributed by atoms with Gasteiger partial charge in [-0.1, -0.05) is 0 Å². The highest BCUT2D eigenvalue weighted by molar-refractivity contribution is 9.10. The van der Waals surface area contributed by atoms with Crippen molar-refractivity contribution in [2.24, 2.45) is 0 Å². The van der Waals surface area contributed by atoms with E-state index in [0.717, 1.165) is 4.88 Å². The minimum atomic E-state index is -0.397. The first-order valence-corrected chi connectivity index (χ1v) is 6.36. The van der Waals surface area contributed by atoms with Gasteiger partial charge in [0.15, 0.2) is 5.13 Å². The normalized spacial score (nSPS) is 10.3. The molecule has 0 aliphatic carbocycles. The lowest BCUT2D eigenvalue weighted by molar-refractivity contribution is 0.102. The van der Waals surface area contributed by atoms with Crippen LogP contribution in [0.5, 0.6) is 0 Å². The predicted octanol–water partition coefficient (Wildman–Crippen LogP) is 3.61. The lowest BCUT2D eigenvalue weighted by atomic mass is 10.2. The summed E-state index contributed by atoms with van der Waals surface area (Å²) in [6.45, 7) is 1.90. The number of rotatable bonds is 2. The number of aryl methyl sites for hydroxylation is 1. The molecule has 3 nitrogen and oxygen atoms in total. The van der Waals surface area contributed by atoms with Crippen molar-refractivity contribution in [2.45, 2.75) is 6.92 Å². The van der Waals surface area contributed by atoms with Crippen LogP contribution in [0.2, 0.25) is 0 Å². The van der Waals surface area contributed by atoms with E-state index >= 15 is 0 Å². The molecule has 0 saturated heterocycles. The molecule has 88 valence electrons. The van der Waals surface area contributed by atoms with Crippen LogP contribution in [0.3, 0.4) is 0 Å². The minimum absolute atomic E-state index is 0.264. The average Bonchev–Trinajstić information content (AvgIpc) is 2.68. The van der Waals surface area contributed by atoms with Crippen molar-refractivity contribution in [3.05, 3.63) is 45.1 Å². The van der Waals surface area contributed by atoms with E-state index in [1.165, 1.54) is 29.5 Å². The highest BCUT2D eigenvalue weighted by Gasteiger charge is 2.10. The molecule has 1 N–H and O–H groups in total. The average molecular weight is 315 g/mol. The molecule has 1 aromatic heterocycles. The Bertz CT molecular complexity index is 570. The largest absolute Gasteiger partial charge is 0.298 e. The summed E-state index contributed by atoms with van der Waals surface area (Å²) in [6.07, 6.45) is 1.68. The third-order valence-electron chi connectivity index (χ3n) is 2.02. The molecule has 2 aromatic rings. The molecule has 1 aromatic carbocycles. The summed E-state index contributed by atoms with van der Waals surface area (Å²) < 4.78 is 13.3. The number of benzene rings is 1. The second kappa shape index (κ2) is 4.93. The monoisotopic (exact) mass is 314 g/mol. The first-order valence-electron chi connectivity index (χ1n) is 4.75. The second-order valence-electron chi connectivity index (χ2n) is 3.36. The van der Waals surface area contributed by atoms with Crippen molar-refractivity contribution in [3.8, 4) is 0 Å². The number of nitrogens with zero attached hydrogens (tertiary/aromatic N) is 1. The Hall–Kier alpha value is -1.27. The van der Waals surface area contributed by atoms with E-state index in [-0.39, 0.29) is 10.4 Å². The summed E-state index contributed by atoms with van der Waals surface area (Å²) in [6, 6.07) is 4.10. The summed E-state index contributed by atoms with van der Waals surface area (Å²) in [5.41, 5.74) is 0.381. The number of halogens is 2. The van der Waals surface area contributed by atoms with E-state index in [1.54, 1.807) is 6.20 Å². The maximum Gasteiger partial charge on any atom is 0.257 e. The smallest absolute Gasteiger partial charge is 0.257 e. The summed E-state index contributed by atoms with van der Waals surface area (Å²) in [5.74, 6) is -0.702. The molecule has 1 heterocycles. The number of carbonyl (C=O) groups excluding carboxylic acids is 1. The highest BCUT2D eigenvalue weighted by Crippen LogP contribution is 2.20. The lowest BCUT2D eigenvalue weighted by Gasteiger charge is -2.02. The molecule has 0 aliphatic heterocycles. The predicted molar refractivity (Wildman–Crippen MR) is 68.9 cm³/mol. The van der Waals surface area contributed by atoms with Crippen molar-refractivity contribution >= 4 is 38.3 Å². The Labute approximate surface area is 110 Å². The fourth-order valence-corrected chi connectivity index (χ4v) is 2.26. The van der Waals surface area contributed by atoms with Crippen molar-refractivity contribution in [1.29, 1.82) is 0 Å². The summed E-state index contributed by atoms with van der Waals surface area (Å²) in [7, 11) is 0. The first-order chi connectivity index (χ1) is 8.06. The maximum absolute atomic E-state index is 13.0. The molecule has 0 atom stereocenters. The van der Waals surface area contributed by atoms with Crippen LogP contribution < -0.4 is 5.32 Å². The van der Waals surface area contributed by atoms with E-state index < -0.39 is 5.82 Å². The van der Waals surface area contributed by atoms with E-state index in [4.69, 9.17) is 0 Å². The van der Waals surface area contributed by atoms with Crippen LogP contribution in [0.1, 0.15) is 15.2 Å². The van der Waals surface area contributed by atoms with Gasteiger partial charge in [-0.05, 0) is 41.1 Å². The summed E-state index contributed by atoms with van der Waals surface area (Å²) >= 11 is 4.43. The number of nitrogens with one attached hydrogen (secondary N) is 1. The Balaban J connectivity index is 2.17. The zero-order valence-electron chi connectivity index (χ0n) is 8.83. The second-order valence-corrected chi connectivity index (χ2v) is 5.45. The van der Waals surface area contributed by atoms with E-state index in [2.05, 4.69) is 26.2 Å². The molecule has 6 heteroatoms. The zero-order valence-corrected chi connectivity index (χ0v) is 11.2. The van der Waals surface area contributed by atoms with E-state index in [9.17, 15) is 9.18 Å². The van der Waals surface area contributed by atoms with Gasteiger partial charge in [-0.25, -0.2) is 9.37 Å². The van der Waals surface area contributed by atoms with Gasteiger partial charge in [-0.2, -0.15) is 0 Å². The fourth-order valence-electron chi connectivity index (χ4n) is 1.22. The molecule has 1 amide bonds. The Morgan fingerprint density at radius 2 is 2.29 bits per heavy atom. The first kappa shape index (κ1) is 12.2. The van der Waals surface area contributed by atoms with Gasteiger partial charge in [0, 0.05) is 16.6 Å². The molecule has 0 unspecified atom stereocenters. The molecule has 0 aliphatic rings. The molecule has 0 saturated carbocycles. The maximum atomic E-state index is 13.0. The van der Waals surface area contributed by atoms with Crippen LogP contribution in [0.25, 0.3) is 0 Å². The van der Waals surface area contributed by atoms with Gasteiger partial charge in [0.25, 0.3) is 5.91 Å². The van der Waals surface area contributed by atoms with Gasteiger partial charge in [0.05, 0.1) is 4.47 Å². The van der Waals surface area contributed by atoms with Crippen molar-refractivity contribution in [2.75, 3.05) is 5.32 Å². The standard InChI is InChI=1S/C11H8BrFN2OS/c1-6-5-14-11(17-6)15-10(16)7-2-3-9(13)8(12)4-7/h2-5H,1H3,(H,14,15,16). The topological polar surface area (TPSA) is 42.0 Å². The number of carbonyl (C=O) groups is 1. The summed E-state index contributed by atoms with van der Waals surface area (Å²) in [4.78, 5) is 16.8. The van der Waals surface area contributed by atoms with Crippen molar-refractivity contribution < 1.29 is 9.18 Å². The molecule has 0 radical (unpaired) electrons. The van der Waals surface area contributed by atoms with Crippen LogP contribution in [0, 0.1) is 12.7 Å². The SMILES string of the molecule is Cc1cnc(NC(=O)c2ccc(F)c(Br)c2)s1. The summed E-state index contributed by atoms with van der Waals surface area (Å²) in [5, 5.41) is 3.19. The van der Waals surface area contributed by atoms with Gasteiger partial charge < -0.3 is 0 Å². The van der Waals surface area contributed by atoms with Crippen LogP contribution in [-0.2, 0) is 0 Å². The van der Waals surface area contributed by atoms with Gasteiger partial charge in [-0.15, -0.1) is 11.3 Å². The molecule has 0 spiro atoms. The van der Waals surface area contributed by atoms with Crippen LogP contribution in [-0.4, -0.2) is 10.9 Å².